The molecule has 1 unspecified atom stereocenters. The molecule has 1 rings (SSSR count). The summed E-state index contributed by atoms with van der Waals surface area (Å²) in [6.45, 7) is 8.65. The lowest BCUT2D eigenvalue weighted by atomic mass is 9.77. The van der Waals surface area contributed by atoms with E-state index in [4.69, 9.17) is 0 Å². The maximum absolute atomic E-state index is 10.5. The molecule has 1 aliphatic rings. The molecule has 1 aliphatic carbocycles. The summed E-state index contributed by atoms with van der Waals surface area (Å²) in [7, 11) is 0. The Bertz CT molecular complexity index is 271. The largest absolute Gasteiger partial charge is 0.303 e. The van der Waals surface area contributed by atoms with E-state index >= 15 is 0 Å². The van der Waals surface area contributed by atoms with Gasteiger partial charge in [-0.2, -0.15) is 0 Å². The van der Waals surface area contributed by atoms with Gasteiger partial charge in [0, 0.05) is 5.92 Å². The molecular formula is C13H20O. The third kappa shape index (κ3) is 2.14. The van der Waals surface area contributed by atoms with Crippen LogP contribution in [0, 0.1) is 17.3 Å². The van der Waals surface area contributed by atoms with Gasteiger partial charge in [0.25, 0.3) is 0 Å². The van der Waals surface area contributed by atoms with Crippen molar-refractivity contribution >= 4 is 6.29 Å². The standard InChI is InChI=1S/C13H20O/c1-10(9-14)5-7-12-8-6-11(2)13(12,3)4/h5-7,9-10,12H,8H2,1-4H3/t10?,12-/m0/s1. The van der Waals surface area contributed by atoms with Crippen LogP contribution in [0.4, 0.5) is 0 Å². The molecule has 0 aromatic carbocycles. The highest BCUT2D eigenvalue weighted by Gasteiger charge is 2.32. The summed E-state index contributed by atoms with van der Waals surface area (Å²) in [6, 6.07) is 0. The van der Waals surface area contributed by atoms with Gasteiger partial charge in [-0.25, -0.2) is 0 Å². The molecule has 0 aliphatic heterocycles. The van der Waals surface area contributed by atoms with Crippen molar-refractivity contribution < 1.29 is 4.79 Å². The average molecular weight is 192 g/mol. The van der Waals surface area contributed by atoms with E-state index < -0.39 is 0 Å². The summed E-state index contributed by atoms with van der Waals surface area (Å²) in [5.74, 6) is 0.608. The van der Waals surface area contributed by atoms with Crippen LogP contribution in [0.25, 0.3) is 0 Å². The van der Waals surface area contributed by atoms with Crippen LogP contribution >= 0.6 is 0 Å². The van der Waals surface area contributed by atoms with E-state index in [1.165, 1.54) is 5.57 Å². The van der Waals surface area contributed by atoms with Crippen LogP contribution in [0.1, 0.15) is 34.1 Å². The monoisotopic (exact) mass is 192 g/mol. The SMILES string of the molecule is CC1=CC[C@H](C=CC(C)C=O)C1(C)C. The number of carbonyl (C=O) groups excluding carboxylic acids is 1. The van der Waals surface area contributed by atoms with Gasteiger partial charge in [-0.05, 0) is 24.7 Å². The highest BCUT2D eigenvalue weighted by Crippen LogP contribution is 2.43. The third-order valence-electron chi connectivity index (χ3n) is 3.48. The van der Waals surface area contributed by atoms with Crippen LogP contribution in [0.2, 0.25) is 0 Å². The minimum Gasteiger partial charge on any atom is -0.303 e. The van der Waals surface area contributed by atoms with Gasteiger partial charge in [0.05, 0.1) is 0 Å². The Balaban J connectivity index is 2.66. The molecule has 0 amide bonds. The fourth-order valence-electron chi connectivity index (χ4n) is 1.83. The average Bonchev–Trinajstić information content (AvgIpc) is 2.39. The van der Waals surface area contributed by atoms with Crippen molar-refractivity contribution in [2.24, 2.45) is 17.3 Å². The first-order valence-corrected chi connectivity index (χ1v) is 5.29. The molecule has 0 fully saturated rings. The summed E-state index contributed by atoms with van der Waals surface area (Å²) < 4.78 is 0. The normalized spacial score (nSPS) is 27.7. The first-order chi connectivity index (χ1) is 6.48. The lowest BCUT2D eigenvalue weighted by Crippen LogP contribution is -2.18. The van der Waals surface area contributed by atoms with E-state index in [1.807, 2.05) is 13.0 Å². The molecule has 0 spiro atoms. The van der Waals surface area contributed by atoms with Crippen LogP contribution in [0.15, 0.2) is 23.8 Å². The van der Waals surface area contributed by atoms with Gasteiger partial charge in [0.15, 0.2) is 0 Å². The Hall–Kier alpha value is -0.850. The van der Waals surface area contributed by atoms with E-state index in [-0.39, 0.29) is 11.3 Å². The zero-order chi connectivity index (χ0) is 10.8. The van der Waals surface area contributed by atoms with E-state index in [2.05, 4.69) is 32.9 Å². The zero-order valence-electron chi connectivity index (χ0n) is 9.58. The number of allylic oxidation sites excluding steroid dienone is 4. The molecule has 0 aromatic heterocycles. The van der Waals surface area contributed by atoms with Crippen molar-refractivity contribution in [3.63, 3.8) is 0 Å². The lowest BCUT2D eigenvalue weighted by molar-refractivity contribution is -0.109. The van der Waals surface area contributed by atoms with E-state index in [0.717, 1.165) is 12.7 Å². The Morgan fingerprint density at radius 3 is 2.64 bits per heavy atom. The molecule has 0 bridgehead atoms. The molecule has 0 heterocycles. The van der Waals surface area contributed by atoms with Crippen molar-refractivity contribution in [1.82, 2.24) is 0 Å². The molecule has 0 radical (unpaired) electrons. The van der Waals surface area contributed by atoms with Crippen LogP contribution in [-0.4, -0.2) is 6.29 Å². The Morgan fingerprint density at radius 1 is 1.57 bits per heavy atom. The minimum absolute atomic E-state index is 0.0479. The van der Waals surface area contributed by atoms with Gasteiger partial charge in [-0.15, -0.1) is 0 Å². The number of hydrogen-bond donors (Lipinski definition) is 0. The fraction of sp³-hybridized carbons (Fsp3) is 0.615. The smallest absolute Gasteiger partial charge is 0.126 e. The predicted molar refractivity (Wildman–Crippen MR) is 60.0 cm³/mol. The fourth-order valence-corrected chi connectivity index (χ4v) is 1.83. The molecule has 1 nitrogen and oxygen atoms in total. The van der Waals surface area contributed by atoms with Gasteiger partial charge in [-0.1, -0.05) is 44.6 Å². The molecule has 0 aromatic rings. The number of rotatable bonds is 3. The number of hydrogen-bond acceptors (Lipinski definition) is 1. The quantitative estimate of drug-likeness (QED) is 0.495. The highest BCUT2D eigenvalue weighted by molar-refractivity contribution is 5.55. The molecule has 14 heavy (non-hydrogen) atoms. The molecule has 2 atom stereocenters. The molecule has 0 saturated carbocycles. The molecule has 0 N–H and O–H groups in total. The van der Waals surface area contributed by atoms with Crippen molar-refractivity contribution in [3.8, 4) is 0 Å². The second-order valence-corrected chi connectivity index (χ2v) is 4.83. The van der Waals surface area contributed by atoms with Gasteiger partial charge in [-0.3, -0.25) is 0 Å². The second kappa shape index (κ2) is 4.12. The topological polar surface area (TPSA) is 17.1 Å². The summed E-state index contributed by atoms with van der Waals surface area (Å²) in [5.41, 5.74) is 1.73. The minimum atomic E-state index is 0.0479. The van der Waals surface area contributed by atoms with Gasteiger partial charge in [0.2, 0.25) is 0 Å². The molecule has 1 heteroatoms. The van der Waals surface area contributed by atoms with Crippen LogP contribution in [0.3, 0.4) is 0 Å². The van der Waals surface area contributed by atoms with Gasteiger partial charge >= 0.3 is 0 Å². The lowest BCUT2D eigenvalue weighted by Gasteiger charge is -2.27. The summed E-state index contributed by atoms with van der Waals surface area (Å²) in [4.78, 5) is 10.5. The highest BCUT2D eigenvalue weighted by atomic mass is 16.1. The third-order valence-corrected chi connectivity index (χ3v) is 3.48. The summed E-state index contributed by atoms with van der Waals surface area (Å²) in [6.07, 6.45) is 8.62. The molecular weight excluding hydrogens is 172 g/mol. The van der Waals surface area contributed by atoms with Crippen LogP contribution in [-0.2, 0) is 4.79 Å². The maximum Gasteiger partial charge on any atom is 0.126 e. The first kappa shape index (κ1) is 11.2. The van der Waals surface area contributed by atoms with Crippen LogP contribution < -0.4 is 0 Å². The van der Waals surface area contributed by atoms with Crippen molar-refractivity contribution in [3.05, 3.63) is 23.8 Å². The van der Waals surface area contributed by atoms with Crippen molar-refractivity contribution in [1.29, 1.82) is 0 Å². The number of aldehydes is 1. The van der Waals surface area contributed by atoms with E-state index in [9.17, 15) is 4.79 Å². The number of carbonyl (C=O) groups is 1. The van der Waals surface area contributed by atoms with Gasteiger partial charge in [0.1, 0.15) is 6.29 Å². The molecule has 0 saturated heterocycles. The van der Waals surface area contributed by atoms with Crippen molar-refractivity contribution in [2.45, 2.75) is 34.1 Å². The maximum atomic E-state index is 10.5. The Labute approximate surface area is 86.9 Å². The molecule has 78 valence electrons. The summed E-state index contributed by atoms with van der Waals surface area (Å²) in [5, 5.41) is 0. The van der Waals surface area contributed by atoms with Crippen LogP contribution in [0.5, 0.6) is 0 Å². The zero-order valence-corrected chi connectivity index (χ0v) is 9.58. The Morgan fingerprint density at radius 2 is 2.21 bits per heavy atom. The second-order valence-electron chi connectivity index (χ2n) is 4.83. The van der Waals surface area contributed by atoms with Gasteiger partial charge < -0.3 is 4.79 Å². The summed E-state index contributed by atoms with van der Waals surface area (Å²) >= 11 is 0. The predicted octanol–water partition coefficient (Wildman–Crippen LogP) is 3.37. The van der Waals surface area contributed by atoms with E-state index in [0.29, 0.717) is 5.92 Å². The first-order valence-electron chi connectivity index (χ1n) is 5.29. The van der Waals surface area contributed by atoms with E-state index in [1.54, 1.807) is 0 Å². The van der Waals surface area contributed by atoms with Crippen molar-refractivity contribution in [2.75, 3.05) is 0 Å². The Kier molecular flexibility index (Phi) is 3.30.